The van der Waals surface area contributed by atoms with Gasteiger partial charge in [0.05, 0.1) is 5.60 Å². The second-order valence-corrected chi connectivity index (χ2v) is 8.09. The summed E-state index contributed by atoms with van der Waals surface area (Å²) in [6.07, 6.45) is 5.37. The number of benzene rings is 1. The summed E-state index contributed by atoms with van der Waals surface area (Å²) in [7, 11) is 0. The first-order chi connectivity index (χ1) is 13.0. The number of amides is 1. The molecule has 142 valence electrons. The fraction of sp³-hybridized carbons (Fsp3) is 0.455. The Morgan fingerprint density at radius 1 is 1.30 bits per heavy atom. The second-order valence-electron chi connectivity index (χ2n) is 8.09. The van der Waals surface area contributed by atoms with E-state index in [0.717, 1.165) is 38.2 Å². The molecule has 0 bridgehead atoms. The number of hydrogen-bond acceptors (Lipinski definition) is 4. The number of piperidine rings is 1. The van der Waals surface area contributed by atoms with Crippen LogP contribution in [-0.2, 0) is 6.42 Å². The van der Waals surface area contributed by atoms with E-state index in [1.165, 1.54) is 5.56 Å². The molecule has 1 aliphatic carbocycles. The third-order valence-electron chi connectivity index (χ3n) is 5.78. The molecule has 5 heteroatoms. The van der Waals surface area contributed by atoms with Gasteiger partial charge in [-0.05, 0) is 50.3 Å². The lowest BCUT2D eigenvalue weighted by molar-refractivity contribution is -0.0168. The number of rotatable bonds is 5. The van der Waals surface area contributed by atoms with E-state index in [4.69, 9.17) is 0 Å². The molecule has 2 fully saturated rings. The van der Waals surface area contributed by atoms with Gasteiger partial charge < -0.3 is 15.3 Å². The van der Waals surface area contributed by atoms with Crippen molar-refractivity contribution in [3.05, 3.63) is 59.8 Å². The number of carbonyl (C=O) groups is 1. The van der Waals surface area contributed by atoms with E-state index in [9.17, 15) is 9.90 Å². The minimum Gasteiger partial charge on any atom is -0.390 e. The molecule has 1 saturated heterocycles. The monoisotopic (exact) mass is 365 g/mol. The van der Waals surface area contributed by atoms with Crippen molar-refractivity contribution in [3.8, 4) is 0 Å². The van der Waals surface area contributed by atoms with Gasteiger partial charge in [0, 0.05) is 36.8 Å². The zero-order valence-corrected chi connectivity index (χ0v) is 15.8. The summed E-state index contributed by atoms with van der Waals surface area (Å²) in [5, 5.41) is 13.9. The van der Waals surface area contributed by atoms with Gasteiger partial charge in [0.25, 0.3) is 5.91 Å². The van der Waals surface area contributed by atoms with E-state index in [-0.39, 0.29) is 11.8 Å². The van der Waals surface area contributed by atoms with Crippen LogP contribution in [0.1, 0.15) is 42.1 Å². The Morgan fingerprint density at radius 3 is 2.81 bits per heavy atom. The molecule has 1 aliphatic heterocycles. The van der Waals surface area contributed by atoms with Gasteiger partial charge in [-0.25, -0.2) is 4.98 Å². The average Bonchev–Trinajstić information content (AvgIpc) is 3.48. The molecule has 5 nitrogen and oxygen atoms in total. The van der Waals surface area contributed by atoms with Crippen molar-refractivity contribution in [1.29, 1.82) is 0 Å². The van der Waals surface area contributed by atoms with Crippen LogP contribution < -0.4 is 10.2 Å². The number of carbonyl (C=O) groups excluding carboxylic acids is 1. The van der Waals surface area contributed by atoms with Gasteiger partial charge in [0.1, 0.15) is 5.82 Å². The molecule has 1 aromatic heterocycles. The molecule has 2 N–H and O–H groups in total. The minimum atomic E-state index is -0.701. The van der Waals surface area contributed by atoms with Crippen molar-refractivity contribution in [1.82, 2.24) is 10.3 Å². The minimum absolute atomic E-state index is 0.0222. The van der Waals surface area contributed by atoms with Gasteiger partial charge in [0.15, 0.2) is 0 Å². The zero-order chi connectivity index (χ0) is 18.9. The summed E-state index contributed by atoms with van der Waals surface area (Å²) in [4.78, 5) is 19.0. The quantitative estimate of drug-likeness (QED) is 0.855. The molecular weight excluding hydrogens is 338 g/mol. The molecule has 1 aromatic carbocycles. The predicted molar refractivity (Wildman–Crippen MR) is 106 cm³/mol. The van der Waals surface area contributed by atoms with Crippen molar-refractivity contribution in [2.75, 3.05) is 18.0 Å². The summed E-state index contributed by atoms with van der Waals surface area (Å²) in [6.45, 7) is 3.40. The van der Waals surface area contributed by atoms with Crippen molar-refractivity contribution < 1.29 is 9.90 Å². The van der Waals surface area contributed by atoms with Gasteiger partial charge in [-0.3, -0.25) is 4.79 Å². The maximum Gasteiger partial charge on any atom is 0.251 e. The van der Waals surface area contributed by atoms with Gasteiger partial charge in [-0.1, -0.05) is 30.3 Å². The van der Waals surface area contributed by atoms with Crippen LogP contribution in [-0.4, -0.2) is 40.7 Å². The van der Waals surface area contributed by atoms with Gasteiger partial charge in [0.2, 0.25) is 0 Å². The maximum absolute atomic E-state index is 12.3. The molecule has 1 saturated carbocycles. The number of aliphatic hydroxyl groups is 1. The van der Waals surface area contributed by atoms with Crippen LogP contribution in [0.3, 0.4) is 0 Å². The number of hydrogen-bond donors (Lipinski definition) is 2. The van der Waals surface area contributed by atoms with Crippen LogP contribution >= 0.6 is 0 Å². The number of pyridine rings is 1. The topological polar surface area (TPSA) is 65.5 Å². The third-order valence-corrected chi connectivity index (χ3v) is 5.78. The number of nitrogens with zero attached hydrogens (tertiary/aromatic N) is 2. The maximum atomic E-state index is 12.3. The fourth-order valence-electron chi connectivity index (χ4n) is 3.74. The largest absolute Gasteiger partial charge is 0.390 e. The Kier molecular flexibility index (Phi) is 4.87. The smallest absolute Gasteiger partial charge is 0.251 e. The van der Waals surface area contributed by atoms with Gasteiger partial charge in [-0.2, -0.15) is 0 Å². The number of aromatic nitrogens is 1. The van der Waals surface area contributed by atoms with E-state index in [2.05, 4.69) is 27.3 Å². The molecule has 0 unspecified atom stereocenters. The lowest BCUT2D eigenvalue weighted by atomic mass is 9.79. The highest BCUT2D eigenvalue weighted by molar-refractivity contribution is 5.95. The molecule has 2 atom stereocenters. The number of nitrogens with one attached hydrogen (secondary N) is 1. The molecule has 2 aromatic rings. The predicted octanol–water partition coefficient (Wildman–Crippen LogP) is 2.79. The Labute approximate surface area is 160 Å². The third kappa shape index (κ3) is 4.30. The average molecular weight is 365 g/mol. The summed E-state index contributed by atoms with van der Waals surface area (Å²) < 4.78 is 0. The SMILES string of the molecule is C[C@@]1(O)CCN(c2cc(C(=O)NC3CC3)ccn2)C[C@@H]1Cc1ccccc1. The van der Waals surface area contributed by atoms with Crippen LogP contribution in [0.2, 0.25) is 0 Å². The molecule has 4 rings (SSSR count). The standard InChI is InChI=1S/C22H27N3O2/c1-22(27)10-12-25(15-18(22)13-16-5-3-2-4-6-16)20-14-17(9-11-23-20)21(26)24-19-7-8-19/h2-6,9,11,14,18-19,27H,7-8,10,12-13,15H2,1H3,(H,24,26)/t18-,22+/m0/s1. The van der Waals surface area contributed by atoms with Gasteiger partial charge >= 0.3 is 0 Å². The molecular formula is C22H27N3O2. The van der Waals surface area contributed by atoms with Crippen molar-refractivity contribution in [2.45, 2.75) is 44.2 Å². The van der Waals surface area contributed by atoms with Crippen LogP contribution in [0.4, 0.5) is 5.82 Å². The highest BCUT2D eigenvalue weighted by Crippen LogP contribution is 2.32. The summed E-state index contributed by atoms with van der Waals surface area (Å²) in [5.74, 6) is 0.900. The highest BCUT2D eigenvalue weighted by atomic mass is 16.3. The Balaban J connectivity index is 1.49. The Morgan fingerprint density at radius 2 is 2.07 bits per heavy atom. The van der Waals surface area contributed by atoms with E-state index < -0.39 is 5.60 Å². The van der Waals surface area contributed by atoms with Crippen LogP contribution in [0.5, 0.6) is 0 Å². The summed E-state index contributed by atoms with van der Waals surface area (Å²) >= 11 is 0. The molecule has 0 radical (unpaired) electrons. The lowest BCUT2D eigenvalue weighted by Gasteiger charge is -2.43. The molecule has 1 amide bonds. The first kappa shape index (κ1) is 18.0. The second kappa shape index (κ2) is 7.31. The van der Waals surface area contributed by atoms with Crippen molar-refractivity contribution >= 4 is 11.7 Å². The Hall–Kier alpha value is -2.40. The lowest BCUT2D eigenvalue weighted by Crippen LogP contribution is -2.51. The first-order valence-corrected chi connectivity index (χ1v) is 9.79. The van der Waals surface area contributed by atoms with Crippen LogP contribution in [0.15, 0.2) is 48.7 Å². The summed E-state index contributed by atoms with van der Waals surface area (Å²) in [5.41, 5.74) is 1.19. The van der Waals surface area contributed by atoms with Crippen molar-refractivity contribution in [3.63, 3.8) is 0 Å². The van der Waals surface area contributed by atoms with Gasteiger partial charge in [-0.15, -0.1) is 0 Å². The molecule has 27 heavy (non-hydrogen) atoms. The summed E-state index contributed by atoms with van der Waals surface area (Å²) in [6, 6.07) is 14.3. The normalized spacial score (nSPS) is 25.3. The van der Waals surface area contributed by atoms with E-state index in [1.54, 1.807) is 12.3 Å². The highest BCUT2D eigenvalue weighted by Gasteiger charge is 2.38. The van der Waals surface area contributed by atoms with Crippen molar-refractivity contribution in [2.24, 2.45) is 5.92 Å². The molecule has 0 spiro atoms. The van der Waals surface area contributed by atoms with Crippen LogP contribution in [0.25, 0.3) is 0 Å². The molecule has 2 aliphatic rings. The van der Waals surface area contributed by atoms with Crippen LogP contribution in [0, 0.1) is 5.92 Å². The number of anilines is 1. The molecule has 2 heterocycles. The van der Waals surface area contributed by atoms with E-state index in [1.807, 2.05) is 31.2 Å². The van der Waals surface area contributed by atoms with E-state index in [0.29, 0.717) is 18.0 Å². The first-order valence-electron chi connectivity index (χ1n) is 9.79. The van der Waals surface area contributed by atoms with E-state index >= 15 is 0 Å². The fourth-order valence-corrected chi connectivity index (χ4v) is 3.74. The zero-order valence-electron chi connectivity index (χ0n) is 15.8. The Bertz CT molecular complexity index is 802.